The first kappa shape index (κ1) is 13.4. The highest BCUT2D eigenvalue weighted by Crippen LogP contribution is 2.15. The molecule has 1 aromatic carbocycles. The van der Waals surface area contributed by atoms with Crippen molar-refractivity contribution >= 4 is 10.9 Å². The van der Waals surface area contributed by atoms with Crippen molar-refractivity contribution in [3.63, 3.8) is 0 Å². The van der Waals surface area contributed by atoms with Crippen LogP contribution in [0.3, 0.4) is 0 Å². The maximum absolute atomic E-state index is 12.3. The van der Waals surface area contributed by atoms with Gasteiger partial charge in [-0.15, -0.1) is 0 Å². The summed E-state index contributed by atoms with van der Waals surface area (Å²) in [6.07, 6.45) is 0.704. The van der Waals surface area contributed by atoms with Gasteiger partial charge < -0.3 is 10.4 Å². The number of rotatable bonds is 4. The van der Waals surface area contributed by atoms with Crippen molar-refractivity contribution in [2.24, 2.45) is 7.05 Å². The number of aromatic hydroxyl groups is 1. The number of nitrogens with one attached hydrogen (secondary N) is 1. The molecular weight excluding hydrogens is 246 g/mol. The van der Waals surface area contributed by atoms with Gasteiger partial charge in [-0.2, -0.15) is 0 Å². The summed E-state index contributed by atoms with van der Waals surface area (Å²) >= 11 is 0. The molecule has 0 fully saturated rings. The second-order valence-electron chi connectivity index (χ2n) is 4.46. The Kier molecular flexibility index (Phi) is 3.71. The van der Waals surface area contributed by atoms with E-state index in [1.165, 1.54) is 21.3 Å². The van der Waals surface area contributed by atoms with Gasteiger partial charge in [0.1, 0.15) is 5.75 Å². The van der Waals surface area contributed by atoms with Crippen LogP contribution in [-0.4, -0.2) is 27.8 Å². The smallest absolute Gasteiger partial charge is 0.331 e. The minimum atomic E-state index is -0.362. The van der Waals surface area contributed by atoms with Gasteiger partial charge in [-0.1, -0.05) is 0 Å². The zero-order valence-corrected chi connectivity index (χ0v) is 11.0. The molecule has 0 unspecified atom stereocenters. The first-order valence-electron chi connectivity index (χ1n) is 6.13. The maximum Gasteiger partial charge on any atom is 0.331 e. The first-order valence-corrected chi connectivity index (χ1v) is 6.13. The zero-order chi connectivity index (χ0) is 14.0. The van der Waals surface area contributed by atoms with Crippen LogP contribution in [0, 0.1) is 0 Å². The molecule has 0 amide bonds. The van der Waals surface area contributed by atoms with Crippen LogP contribution in [0.4, 0.5) is 0 Å². The van der Waals surface area contributed by atoms with Gasteiger partial charge in [0, 0.05) is 19.7 Å². The number of phenolic OH excluding ortho intramolecular Hbond substituents is 1. The van der Waals surface area contributed by atoms with Crippen LogP contribution in [0.25, 0.3) is 10.9 Å². The molecule has 0 radical (unpaired) electrons. The number of fused-ring (bicyclic) bond motifs is 1. The van der Waals surface area contributed by atoms with Crippen molar-refractivity contribution in [2.75, 3.05) is 13.6 Å². The standard InChI is InChI=1S/C13H17N3O3/c1-14-6-3-7-16-12(18)10-5-4-9(17)8-11(10)15(2)13(16)19/h4-5,8,14,17H,3,6-7H2,1-2H3. The molecule has 2 N–H and O–H groups in total. The van der Waals surface area contributed by atoms with Gasteiger partial charge in [0.25, 0.3) is 5.56 Å². The highest BCUT2D eigenvalue weighted by Gasteiger charge is 2.10. The van der Waals surface area contributed by atoms with E-state index >= 15 is 0 Å². The van der Waals surface area contributed by atoms with E-state index in [0.717, 1.165) is 6.54 Å². The van der Waals surface area contributed by atoms with Crippen molar-refractivity contribution in [1.82, 2.24) is 14.5 Å². The van der Waals surface area contributed by atoms with Gasteiger partial charge in [0.2, 0.25) is 0 Å². The Labute approximate surface area is 109 Å². The van der Waals surface area contributed by atoms with E-state index in [4.69, 9.17) is 0 Å². The molecule has 0 atom stereocenters. The second-order valence-corrected chi connectivity index (χ2v) is 4.46. The molecule has 6 heteroatoms. The summed E-state index contributed by atoms with van der Waals surface area (Å²) in [4.78, 5) is 24.4. The van der Waals surface area contributed by atoms with Crippen molar-refractivity contribution in [3.8, 4) is 5.75 Å². The third kappa shape index (κ3) is 2.39. The molecule has 0 saturated carbocycles. The van der Waals surface area contributed by atoms with Gasteiger partial charge in [0.15, 0.2) is 0 Å². The molecule has 2 rings (SSSR count). The van der Waals surface area contributed by atoms with Crippen molar-refractivity contribution < 1.29 is 5.11 Å². The Hall–Kier alpha value is -2.08. The number of aromatic nitrogens is 2. The van der Waals surface area contributed by atoms with Crippen LogP contribution < -0.4 is 16.6 Å². The maximum atomic E-state index is 12.3. The third-order valence-corrected chi connectivity index (χ3v) is 3.14. The van der Waals surface area contributed by atoms with Gasteiger partial charge in [-0.3, -0.25) is 13.9 Å². The van der Waals surface area contributed by atoms with E-state index < -0.39 is 0 Å². The lowest BCUT2D eigenvalue weighted by molar-refractivity contribution is 0.475. The SMILES string of the molecule is CNCCCn1c(=O)c2ccc(O)cc2n(C)c1=O. The lowest BCUT2D eigenvalue weighted by Gasteiger charge is -2.10. The summed E-state index contributed by atoms with van der Waals surface area (Å²) in [6.45, 7) is 1.12. The Bertz CT molecular complexity index is 715. The first-order chi connectivity index (χ1) is 9.06. The van der Waals surface area contributed by atoms with Crippen molar-refractivity contribution in [1.29, 1.82) is 0 Å². The van der Waals surface area contributed by atoms with Crippen LogP contribution in [0.5, 0.6) is 5.75 Å². The van der Waals surface area contributed by atoms with E-state index in [1.807, 2.05) is 7.05 Å². The molecule has 102 valence electrons. The molecule has 0 bridgehead atoms. The molecule has 1 aromatic heterocycles. The van der Waals surface area contributed by atoms with Gasteiger partial charge in [0.05, 0.1) is 10.9 Å². The van der Waals surface area contributed by atoms with E-state index in [-0.39, 0.29) is 17.0 Å². The molecule has 19 heavy (non-hydrogen) atoms. The summed E-state index contributed by atoms with van der Waals surface area (Å²) in [5, 5.41) is 12.9. The molecule has 1 heterocycles. The Morgan fingerprint density at radius 1 is 1.32 bits per heavy atom. The third-order valence-electron chi connectivity index (χ3n) is 3.14. The van der Waals surface area contributed by atoms with Crippen LogP contribution >= 0.6 is 0 Å². The predicted molar refractivity (Wildman–Crippen MR) is 73.7 cm³/mol. The van der Waals surface area contributed by atoms with Crippen molar-refractivity contribution in [3.05, 3.63) is 39.0 Å². The Balaban J connectivity index is 2.64. The van der Waals surface area contributed by atoms with E-state index in [1.54, 1.807) is 13.1 Å². The Morgan fingerprint density at radius 3 is 2.74 bits per heavy atom. The number of phenols is 1. The molecule has 0 aliphatic heterocycles. The van der Waals surface area contributed by atoms with Crippen molar-refractivity contribution in [2.45, 2.75) is 13.0 Å². The average molecular weight is 263 g/mol. The fourth-order valence-electron chi connectivity index (χ4n) is 2.11. The summed E-state index contributed by atoms with van der Waals surface area (Å²) in [7, 11) is 3.42. The van der Waals surface area contributed by atoms with E-state index in [9.17, 15) is 14.7 Å². The Morgan fingerprint density at radius 2 is 2.05 bits per heavy atom. The lowest BCUT2D eigenvalue weighted by Crippen LogP contribution is -2.39. The number of benzene rings is 1. The van der Waals surface area contributed by atoms with Crippen LogP contribution in [0.2, 0.25) is 0 Å². The topological polar surface area (TPSA) is 76.3 Å². The average Bonchev–Trinajstić information content (AvgIpc) is 2.40. The minimum absolute atomic E-state index is 0.0369. The zero-order valence-electron chi connectivity index (χ0n) is 11.0. The molecular formula is C13H17N3O3. The predicted octanol–water partition coefficient (Wildman–Crippen LogP) is 0.0153. The number of nitrogens with zero attached hydrogens (tertiary/aromatic N) is 2. The molecule has 0 aliphatic carbocycles. The van der Waals surface area contributed by atoms with Gasteiger partial charge in [-0.25, -0.2) is 4.79 Å². The number of aryl methyl sites for hydroxylation is 1. The highest BCUT2D eigenvalue weighted by molar-refractivity contribution is 5.79. The summed E-state index contributed by atoms with van der Waals surface area (Å²) in [5.41, 5.74) is -0.228. The molecule has 0 saturated heterocycles. The van der Waals surface area contributed by atoms with Gasteiger partial charge >= 0.3 is 5.69 Å². The van der Waals surface area contributed by atoms with Crippen LogP contribution in [0.1, 0.15) is 6.42 Å². The minimum Gasteiger partial charge on any atom is -0.508 e. The van der Waals surface area contributed by atoms with E-state index in [2.05, 4.69) is 5.32 Å². The fourth-order valence-corrected chi connectivity index (χ4v) is 2.11. The normalized spacial score (nSPS) is 11.1. The summed E-state index contributed by atoms with van der Waals surface area (Å²) in [5.74, 6) is 0.0369. The molecule has 6 nitrogen and oxygen atoms in total. The number of hydrogen-bond donors (Lipinski definition) is 2. The lowest BCUT2D eigenvalue weighted by atomic mass is 10.2. The van der Waals surface area contributed by atoms with Crippen LogP contribution in [-0.2, 0) is 13.6 Å². The summed E-state index contributed by atoms with van der Waals surface area (Å²) in [6, 6.07) is 4.42. The second kappa shape index (κ2) is 5.27. The highest BCUT2D eigenvalue weighted by atomic mass is 16.3. The number of hydrogen-bond acceptors (Lipinski definition) is 4. The molecule has 0 spiro atoms. The monoisotopic (exact) mass is 263 g/mol. The van der Waals surface area contributed by atoms with Crippen LogP contribution in [0.15, 0.2) is 27.8 Å². The molecule has 0 aliphatic rings. The van der Waals surface area contributed by atoms with Gasteiger partial charge in [-0.05, 0) is 32.1 Å². The molecule has 2 aromatic rings. The fraction of sp³-hybridized carbons (Fsp3) is 0.385. The quantitative estimate of drug-likeness (QED) is 0.762. The largest absolute Gasteiger partial charge is 0.508 e. The van der Waals surface area contributed by atoms with E-state index in [0.29, 0.717) is 23.9 Å². The summed E-state index contributed by atoms with van der Waals surface area (Å²) < 4.78 is 2.62.